The van der Waals surface area contributed by atoms with Crippen LogP contribution in [-0.2, 0) is 35.2 Å². The van der Waals surface area contributed by atoms with Gasteiger partial charge in [0.05, 0.1) is 0 Å². The van der Waals surface area contributed by atoms with Crippen molar-refractivity contribution in [1.82, 2.24) is 36.9 Å². The Bertz CT molecular complexity index is 1590. The molecule has 1 aromatic heterocycles. The molecular formula is C40H64N8O6. The third-order valence-electron chi connectivity index (χ3n) is 9.58. The van der Waals surface area contributed by atoms with E-state index in [9.17, 15) is 28.8 Å². The molecule has 300 valence electrons. The lowest BCUT2D eigenvalue weighted by Crippen LogP contribution is -2.62. The third kappa shape index (κ3) is 13.1. The molecule has 0 bridgehead atoms. The van der Waals surface area contributed by atoms with E-state index in [0.29, 0.717) is 19.4 Å². The lowest BCUT2D eigenvalue weighted by Gasteiger charge is -2.31. The zero-order valence-corrected chi connectivity index (χ0v) is 33.3. The van der Waals surface area contributed by atoms with Crippen molar-refractivity contribution in [2.45, 2.75) is 137 Å². The van der Waals surface area contributed by atoms with Gasteiger partial charge in [-0.05, 0) is 80.4 Å². The molecule has 0 saturated carbocycles. The Balaban J connectivity index is 2.14. The summed E-state index contributed by atoms with van der Waals surface area (Å²) in [6.45, 7) is 15.5. The number of amides is 6. The molecule has 2 aromatic rings. The van der Waals surface area contributed by atoms with Crippen LogP contribution in [0.3, 0.4) is 0 Å². The van der Waals surface area contributed by atoms with Crippen molar-refractivity contribution < 1.29 is 28.8 Å². The van der Waals surface area contributed by atoms with E-state index in [-0.39, 0.29) is 55.8 Å². The summed E-state index contributed by atoms with van der Waals surface area (Å²) in [6.07, 6.45) is 4.02. The first-order valence-electron chi connectivity index (χ1n) is 19.6. The van der Waals surface area contributed by atoms with Gasteiger partial charge < -0.3 is 42.6 Å². The van der Waals surface area contributed by atoms with Crippen molar-refractivity contribution in [1.29, 1.82) is 0 Å². The summed E-state index contributed by atoms with van der Waals surface area (Å²) in [6, 6.07) is 1.31. The van der Waals surface area contributed by atoms with E-state index in [1.807, 2.05) is 65.8 Å². The van der Waals surface area contributed by atoms with Gasteiger partial charge in [0.2, 0.25) is 35.4 Å². The quantitative estimate of drug-likeness (QED) is 0.143. The van der Waals surface area contributed by atoms with E-state index in [2.05, 4.69) is 36.9 Å². The first-order chi connectivity index (χ1) is 25.5. The maximum absolute atomic E-state index is 14.3. The number of hydrogen-bond donors (Lipinski definition) is 8. The van der Waals surface area contributed by atoms with Gasteiger partial charge in [-0.15, -0.1) is 0 Å². The second kappa shape index (κ2) is 20.8. The molecule has 0 spiro atoms. The number of aromatic amines is 1. The van der Waals surface area contributed by atoms with Crippen LogP contribution in [0.15, 0.2) is 30.5 Å². The highest BCUT2D eigenvalue weighted by Crippen LogP contribution is 2.20. The van der Waals surface area contributed by atoms with Crippen LogP contribution in [0.1, 0.15) is 99.5 Å². The number of benzene rings is 1. The summed E-state index contributed by atoms with van der Waals surface area (Å²) in [4.78, 5) is 87.4. The largest absolute Gasteiger partial charge is 0.361 e. The highest BCUT2D eigenvalue weighted by molar-refractivity contribution is 5.98. The van der Waals surface area contributed by atoms with E-state index >= 15 is 0 Å². The highest BCUT2D eigenvalue weighted by Gasteiger charge is 2.36. The van der Waals surface area contributed by atoms with Crippen LogP contribution in [0.5, 0.6) is 0 Å². The van der Waals surface area contributed by atoms with Crippen LogP contribution in [-0.4, -0.2) is 83.2 Å². The van der Waals surface area contributed by atoms with Crippen molar-refractivity contribution in [2.24, 2.45) is 29.4 Å². The molecular weight excluding hydrogens is 688 g/mol. The molecule has 14 nitrogen and oxygen atoms in total. The number of fused-ring (bicyclic) bond motifs is 1. The molecule has 6 atom stereocenters. The summed E-state index contributed by atoms with van der Waals surface area (Å²) in [5, 5.41) is 18.0. The smallest absolute Gasteiger partial charge is 0.243 e. The summed E-state index contributed by atoms with van der Waals surface area (Å²) in [7, 11) is 0. The van der Waals surface area contributed by atoms with Crippen molar-refractivity contribution in [3.8, 4) is 0 Å². The van der Waals surface area contributed by atoms with Gasteiger partial charge in [-0.25, -0.2) is 0 Å². The summed E-state index contributed by atoms with van der Waals surface area (Å²) in [5.41, 5.74) is 7.40. The van der Waals surface area contributed by atoms with Crippen molar-refractivity contribution in [3.63, 3.8) is 0 Å². The number of aromatic nitrogens is 1. The zero-order chi connectivity index (χ0) is 40.1. The monoisotopic (exact) mass is 752 g/mol. The predicted octanol–water partition coefficient (Wildman–Crippen LogP) is 2.56. The molecule has 14 heteroatoms. The first-order valence-corrected chi connectivity index (χ1v) is 19.6. The number of unbranched alkanes of at least 4 members (excludes halogenated alkanes) is 1. The van der Waals surface area contributed by atoms with Gasteiger partial charge in [0.1, 0.15) is 36.3 Å². The second-order valence-corrected chi connectivity index (χ2v) is 16.3. The Kier molecular flexibility index (Phi) is 17.0. The molecule has 0 radical (unpaired) electrons. The molecule has 1 fully saturated rings. The fraction of sp³-hybridized carbons (Fsp3) is 0.650. The summed E-state index contributed by atoms with van der Waals surface area (Å²) in [5.74, 6) is -3.77. The average molecular weight is 753 g/mol. The molecule has 2 heterocycles. The Labute approximate surface area is 320 Å². The van der Waals surface area contributed by atoms with Crippen molar-refractivity contribution in [2.75, 3.05) is 6.54 Å². The number of nitrogens with two attached hydrogens (primary N) is 1. The van der Waals surface area contributed by atoms with E-state index in [1.54, 1.807) is 20.0 Å². The maximum atomic E-state index is 14.3. The first kappa shape index (κ1) is 43.9. The van der Waals surface area contributed by atoms with E-state index in [0.717, 1.165) is 16.5 Å². The predicted molar refractivity (Wildman–Crippen MR) is 210 cm³/mol. The highest BCUT2D eigenvalue weighted by atomic mass is 16.2. The van der Waals surface area contributed by atoms with E-state index in [1.165, 1.54) is 0 Å². The molecule has 1 aromatic carbocycles. The minimum atomic E-state index is -1.14. The van der Waals surface area contributed by atoms with Crippen LogP contribution >= 0.6 is 0 Å². The molecule has 3 rings (SSSR count). The Hall–Kier alpha value is -4.46. The van der Waals surface area contributed by atoms with E-state index < -0.39 is 71.7 Å². The second-order valence-electron chi connectivity index (χ2n) is 16.3. The molecule has 6 amide bonds. The van der Waals surface area contributed by atoms with Crippen LogP contribution in [0, 0.1) is 23.7 Å². The number of hydrogen-bond acceptors (Lipinski definition) is 7. The van der Waals surface area contributed by atoms with Gasteiger partial charge in [-0.3, -0.25) is 28.8 Å². The van der Waals surface area contributed by atoms with Crippen LogP contribution in [0.2, 0.25) is 0 Å². The minimum Gasteiger partial charge on any atom is -0.361 e. The minimum absolute atomic E-state index is 0.00365. The van der Waals surface area contributed by atoms with Crippen LogP contribution in [0.4, 0.5) is 0 Å². The van der Waals surface area contributed by atoms with Gasteiger partial charge >= 0.3 is 0 Å². The Morgan fingerprint density at radius 3 is 1.52 bits per heavy atom. The normalized spacial score (nSPS) is 24.2. The molecule has 0 aliphatic carbocycles. The molecule has 9 N–H and O–H groups in total. The molecule has 0 unspecified atom stereocenters. The number of carbonyl (C=O) groups excluding carboxylic acids is 6. The SMILES string of the molecule is CC(C)C[C@@H]1NC(=O)[C@H](Cc2c[nH]c3ccccc23)NC(=O)[C@@H](CCCCN)NC(=O)[C@H](CC(C)C)NC(=O)[C@H](C(C)C)NC(=O)[C@@H](CC(C)C)NC1=O. The lowest BCUT2D eigenvalue weighted by molar-refractivity contribution is -0.137. The number of H-pyrrole nitrogens is 1. The third-order valence-corrected chi connectivity index (χ3v) is 9.58. The van der Waals surface area contributed by atoms with E-state index in [4.69, 9.17) is 5.73 Å². The van der Waals surface area contributed by atoms with Gasteiger partial charge in [0, 0.05) is 23.5 Å². The van der Waals surface area contributed by atoms with Gasteiger partial charge in [-0.1, -0.05) is 73.6 Å². The molecule has 1 aliphatic rings. The number of rotatable bonds is 13. The molecule has 1 aliphatic heterocycles. The van der Waals surface area contributed by atoms with Gasteiger partial charge in [0.25, 0.3) is 0 Å². The Morgan fingerprint density at radius 2 is 1.00 bits per heavy atom. The lowest BCUT2D eigenvalue weighted by atomic mass is 9.97. The maximum Gasteiger partial charge on any atom is 0.243 e. The summed E-state index contributed by atoms with van der Waals surface area (Å²) >= 11 is 0. The van der Waals surface area contributed by atoms with Crippen molar-refractivity contribution >= 4 is 46.3 Å². The average Bonchev–Trinajstić information content (AvgIpc) is 3.50. The molecule has 1 saturated heterocycles. The van der Waals surface area contributed by atoms with Gasteiger partial charge in [-0.2, -0.15) is 0 Å². The Morgan fingerprint density at radius 1 is 0.556 bits per heavy atom. The number of carbonyl (C=O) groups is 6. The summed E-state index contributed by atoms with van der Waals surface area (Å²) < 4.78 is 0. The fourth-order valence-corrected chi connectivity index (χ4v) is 6.74. The fourth-order valence-electron chi connectivity index (χ4n) is 6.74. The topological polar surface area (TPSA) is 216 Å². The number of nitrogens with one attached hydrogen (secondary N) is 7. The van der Waals surface area contributed by atoms with Gasteiger partial charge in [0.15, 0.2) is 0 Å². The molecule has 54 heavy (non-hydrogen) atoms. The van der Waals surface area contributed by atoms with Crippen LogP contribution < -0.4 is 37.6 Å². The number of para-hydroxylation sites is 1. The standard InChI is InChI=1S/C40H64N8O6/c1-22(2)17-30-37(51)45-32(19-24(5)6)39(53)48-34(25(7)8)40(54)47-31(18-23(3)4)36(50)43-29(15-11-12-16-41)35(49)46-33(38(52)44-30)20-26-21-42-28-14-10-9-13-27(26)28/h9-10,13-14,21-25,29-34,42H,11-12,15-20,41H2,1-8H3,(H,43,50)(H,44,52)(H,45,51)(H,46,49)(H,47,54)(H,48,53)/t29-,30+,31+,32-,33+,34+/m1/s1. The zero-order valence-electron chi connectivity index (χ0n) is 33.3. The van der Waals surface area contributed by atoms with Crippen LogP contribution in [0.25, 0.3) is 10.9 Å². The van der Waals surface area contributed by atoms with Crippen molar-refractivity contribution in [3.05, 3.63) is 36.0 Å².